The molecule has 48 heavy (non-hydrogen) atoms. The summed E-state index contributed by atoms with van der Waals surface area (Å²) in [5.41, 5.74) is 1.60. The van der Waals surface area contributed by atoms with E-state index >= 15 is 0 Å². The van der Waals surface area contributed by atoms with E-state index < -0.39 is 5.56 Å². The smallest absolute Gasteiger partial charge is 0.293 e. The molecule has 266 valence electrons. The van der Waals surface area contributed by atoms with Gasteiger partial charge in [0.05, 0.1) is 15.6 Å². The summed E-state index contributed by atoms with van der Waals surface area (Å²) in [5.74, 6) is 0.350. The van der Waals surface area contributed by atoms with Crippen molar-refractivity contribution in [2.24, 2.45) is 0 Å². The Morgan fingerprint density at radius 1 is 1.12 bits per heavy atom. The fraction of sp³-hybridized carbons (Fsp3) is 0.417. The standard InChI is InChI=1S/C22H25Cl2N5O3.C8H16N2.C2H6.2C2H4/c1-14(28(2)3)8-9-25-22-26-13-15-12-16(19-17(23)6-4-7-18(19)24)21(31)29(20(15)27-22)32-11-5-10-30;1-2-9-5-8-10-6-3-4-7-10;3*1-2/h4,6-8,12-13,30H,5,9-11H2,1-3H3,(H,25,26,27);2,9H,1,3-8H2;1-2H3;2*1-2H2/b14-8-;;;;. The van der Waals surface area contributed by atoms with Gasteiger partial charge in [-0.1, -0.05) is 49.7 Å². The van der Waals surface area contributed by atoms with Crippen LogP contribution in [0, 0.1) is 0 Å². The zero-order valence-corrected chi connectivity index (χ0v) is 30.9. The maximum absolute atomic E-state index is 13.3. The number of rotatable bonds is 13. The SMILES string of the molecule is C/C(=C/CNc1ncc2cc(-c3c(Cl)cccc3Cl)c(=O)n(OCCCO)c2n1)N(C)C.C=C.C=C.C=CNCCN1CCCC1.CC. The van der Waals surface area contributed by atoms with E-state index in [-0.39, 0.29) is 18.8 Å². The average Bonchev–Trinajstić information content (AvgIpc) is 3.63. The van der Waals surface area contributed by atoms with Crippen LogP contribution >= 0.6 is 23.2 Å². The van der Waals surface area contributed by atoms with Crippen LogP contribution in [0.2, 0.25) is 10.0 Å². The van der Waals surface area contributed by atoms with E-state index in [1.165, 1.54) is 32.5 Å². The van der Waals surface area contributed by atoms with E-state index in [0.29, 0.717) is 45.6 Å². The summed E-state index contributed by atoms with van der Waals surface area (Å²) in [7, 11) is 3.92. The van der Waals surface area contributed by atoms with Crippen molar-refractivity contribution >= 4 is 40.2 Å². The highest BCUT2D eigenvalue weighted by Gasteiger charge is 2.18. The van der Waals surface area contributed by atoms with Gasteiger partial charge in [-0.15, -0.1) is 31.0 Å². The fourth-order valence-electron chi connectivity index (χ4n) is 4.23. The number of halogens is 2. The first kappa shape index (κ1) is 44.2. The predicted molar refractivity (Wildman–Crippen MR) is 206 cm³/mol. The highest BCUT2D eigenvalue weighted by molar-refractivity contribution is 6.39. The van der Waals surface area contributed by atoms with Gasteiger partial charge in [-0.2, -0.15) is 4.98 Å². The van der Waals surface area contributed by atoms with Gasteiger partial charge in [0.25, 0.3) is 5.56 Å². The molecule has 2 aromatic heterocycles. The van der Waals surface area contributed by atoms with Gasteiger partial charge in [0.15, 0.2) is 5.65 Å². The van der Waals surface area contributed by atoms with Gasteiger partial charge in [-0.25, -0.2) is 4.98 Å². The molecule has 0 amide bonds. The van der Waals surface area contributed by atoms with Crippen molar-refractivity contribution in [2.75, 3.05) is 65.3 Å². The molecule has 1 fully saturated rings. The van der Waals surface area contributed by atoms with Crippen LogP contribution in [-0.2, 0) is 0 Å². The van der Waals surface area contributed by atoms with E-state index in [1.807, 2.05) is 45.8 Å². The number of aromatic nitrogens is 3. The molecule has 0 radical (unpaired) electrons. The van der Waals surface area contributed by atoms with Crippen molar-refractivity contribution in [1.82, 2.24) is 29.8 Å². The normalized spacial score (nSPS) is 12.0. The lowest BCUT2D eigenvalue weighted by Crippen LogP contribution is -2.30. The number of allylic oxidation sites excluding steroid dienone is 1. The molecule has 0 atom stereocenters. The lowest BCUT2D eigenvalue weighted by Gasteiger charge is -2.15. The molecular formula is C36H55Cl2N7O3. The number of aliphatic hydroxyl groups excluding tert-OH is 1. The molecule has 12 heteroatoms. The van der Waals surface area contributed by atoms with E-state index in [1.54, 1.807) is 36.7 Å². The Bertz CT molecular complexity index is 1420. The second-order valence-electron chi connectivity index (χ2n) is 9.96. The monoisotopic (exact) mass is 703 g/mol. The minimum atomic E-state index is -0.460. The van der Waals surface area contributed by atoms with E-state index in [2.05, 4.69) is 58.4 Å². The molecule has 0 unspecified atom stereocenters. The fourth-order valence-corrected chi connectivity index (χ4v) is 4.83. The van der Waals surface area contributed by atoms with Crippen molar-refractivity contribution in [1.29, 1.82) is 0 Å². The third kappa shape index (κ3) is 14.5. The minimum Gasteiger partial charge on any atom is -0.409 e. The molecule has 0 bridgehead atoms. The van der Waals surface area contributed by atoms with Crippen molar-refractivity contribution in [3.8, 4) is 11.1 Å². The largest absolute Gasteiger partial charge is 0.409 e. The Kier molecular flexibility index (Phi) is 24.1. The Labute approximate surface area is 297 Å². The summed E-state index contributed by atoms with van der Waals surface area (Å²) in [6.07, 6.45) is 8.49. The first-order valence-electron chi connectivity index (χ1n) is 16.0. The molecule has 1 aliphatic rings. The van der Waals surface area contributed by atoms with Crippen LogP contribution in [0.5, 0.6) is 0 Å². The number of fused-ring (bicyclic) bond motifs is 1. The molecule has 0 spiro atoms. The molecule has 3 N–H and O–H groups in total. The number of pyridine rings is 1. The molecule has 4 rings (SSSR count). The van der Waals surface area contributed by atoms with Crippen molar-refractivity contribution in [3.63, 3.8) is 0 Å². The van der Waals surface area contributed by atoms with Crippen LogP contribution in [-0.4, -0.2) is 89.6 Å². The lowest BCUT2D eigenvalue weighted by atomic mass is 10.1. The van der Waals surface area contributed by atoms with Crippen LogP contribution in [0.3, 0.4) is 0 Å². The minimum absolute atomic E-state index is 0.0674. The summed E-state index contributed by atoms with van der Waals surface area (Å²) in [5, 5.41) is 16.6. The number of nitrogens with zero attached hydrogens (tertiary/aromatic N) is 5. The molecule has 1 aromatic carbocycles. The van der Waals surface area contributed by atoms with E-state index in [0.717, 1.165) is 17.0 Å². The van der Waals surface area contributed by atoms with Crippen LogP contribution < -0.4 is 21.0 Å². The molecule has 3 aromatic rings. The number of hydrogen-bond donors (Lipinski definition) is 3. The molecule has 0 saturated carbocycles. The first-order chi connectivity index (χ1) is 23.3. The van der Waals surface area contributed by atoms with E-state index in [4.69, 9.17) is 33.1 Å². The van der Waals surface area contributed by atoms with Gasteiger partial charge in [-0.3, -0.25) is 4.79 Å². The summed E-state index contributed by atoms with van der Waals surface area (Å²) in [4.78, 5) is 32.3. The molecule has 0 aliphatic carbocycles. The van der Waals surface area contributed by atoms with Gasteiger partial charge in [-0.05, 0) is 63.3 Å². The van der Waals surface area contributed by atoms with Crippen molar-refractivity contribution in [2.45, 2.75) is 40.0 Å². The van der Waals surface area contributed by atoms with Gasteiger partial charge >= 0.3 is 0 Å². The third-order valence-electron chi connectivity index (χ3n) is 6.74. The highest BCUT2D eigenvalue weighted by atomic mass is 35.5. The summed E-state index contributed by atoms with van der Waals surface area (Å²) >= 11 is 12.7. The number of benzene rings is 1. The van der Waals surface area contributed by atoms with Gasteiger partial charge < -0.3 is 30.4 Å². The number of anilines is 1. The lowest BCUT2D eigenvalue weighted by molar-refractivity contribution is 0.0966. The summed E-state index contributed by atoms with van der Waals surface area (Å²) < 4.78 is 1.10. The maximum Gasteiger partial charge on any atom is 0.293 e. The zero-order valence-electron chi connectivity index (χ0n) is 29.4. The van der Waals surface area contributed by atoms with Crippen LogP contribution in [0.25, 0.3) is 22.2 Å². The average molecular weight is 705 g/mol. The first-order valence-corrected chi connectivity index (χ1v) is 16.8. The van der Waals surface area contributed by atoms with E-state index in [9.17, 15) is 4.79 Å². The number of nitrogens with one attached hydrogen (secondary N) is 2. The number of aliphatic hydroxyl groups is 1. The highest BCUT2D eigenvalue weighted by Crippen LogP contribution is 2.33. The topological polar surface area (TPSA) is 108 Å². The zero-order chi connectivity index (χ0) is 36.5. The number of likely N-dealkylation sites (tertiary alicyclic amines) is 1. The van der Waals surface area contributed by atoms with Crippen molar-refractivity contribution < 1.29 is 9.94 Å². The molecule has 3 heterocycles. The third-order valence-corrected chi connectivity index (χ3v) is 7.37. The second-order valence-corrected chi connectivity index (χ2v) is 10.8. The number of hydrogen-bond acceptors (Lipinski definition) is 9. The van der Waals surface area contributed by atoms with Gasteiger partial charge in [0.1, 0.15) is 6.61 Å². The Balaban J connectivity index is 0.00000115. The Morgan fingerprint density at radius 2 is 1.75 bits per heavy atom. The Hall–Kier alpha value is -3.83. The van der Waals surface area contributed by atoms with Crippen LogP contribution in [0.1, 0.15) is 40.0 Å². The summed E-state index contributed by atoms with van der Waals surface area (Å²) in [6.45, 7) is 27.0. The van der Waals surface area contributed by atoms with Gasteiger partial charge in [0, 0.05) is 69.6 Å². The molecule has 1 aliphatic heterocycles. The second kappa shape index (κ2) is 26.2. The quantitative estimate of drug-likeness (QED) is 0.129. The molecule has 1 saturated heterocycles. The van der Waals surface area contributed by atoms with Crippen LogP contribution in [0.4, 0.5) is 5.95 Å². The van der Waals surface area contributed by atoms with Gasteiger partial charge in [0.2, 0.25) is 5.95 Å². The Morgan fingerprint density at radius 3 is 2.31 bits per heavy atom. The molecular weight excluding hydrogens is 649 g/mol. The molecule has 10 nitrogen and oxygen atoms in total. The van der Waals surface area contributed by atoms with Crippen LogP contribution in [0.15, 0.2) is 86.1 Å². The summed E-state index contributed by atoms with van der Waals surface area (Å²) in [6, 6.07) is 6.68. The maximum atomic E-state index is 13.3. The predicted octanol–water partition coefficient (Wildman–Crippen LogP) is 6.90. The van der Waals surface area contributed by atoms with Crippen molar-refractivity contribution in [3.05, 3.63) is 102 Å².